The number of benzene rings is 1. The van der Waals surface area contributed by atoms with Gasteiger partial charge in [0.2, 0.25) is 0 Å². The van der Waals surface area contributed by atoms with E-state index in [1.807, 2.05) is 12.1 Å². The minimum absolute atomic E-state index is 0.339. The van der Waals surface area contributed by atoms with Crippen LogP contribution in [0.15, 0.2) is 29.2 Å². The first-order valence-corrected chi connectivity index (χ1v) is 8.09. The number of nitrogens with one attached hydrogen (secondary N) is 1. The minimum atomic E-state index is -0.836. The van der Waals surface area contributed by atoms with Crippen molar-refractivity contribution in [2.75, 3.05) is 20.3 Å². The van der Waals surface area contributed by atoms with Crippen molar-refractivity contribution >= 4 is 35.2 Å². The quantitative estimate of drug-likeness (QED) is 0.445. The van der Waals surface area contributed by atoms with Crippen molar-refractivity contribution in [1.29, 1.82) is 0 Å². The van der Waals surface area contributed by atoms with Gasteiger partial charge < -0.3 is 14.8 Å². The Balaban J connectivity index is 2.42. The number of carbonyl (C=O) groups is 2. The summed E-state index contributed by atoms with van der Waals surface area (Å²) in [7, 11) is 1.55. The van der Waals surface area contributed by atoms with E-state index in [0.717, 1.165) is 4.90 Å². The third-order valence-electron chi connectivity index (χ3n) is 2.73. The van der Waals surface area contributed by atoms with E-state index in [1.54, 1.807) is 33.1 Å². The van der Waals surface area contributed by atoms with Gasteiger partial charge >= 0.3 is 5.97 Å². The van der Waals surface area contributed by atoms with Gasteiger partial charge in [-0.15, -0.1) is 11.8 Å². The molecular weight excluding hydrogens is 326 g/mol. The normalized spacial score (nSPS) is 13.3. The Morgan fingerprint density at radius 3 is 2.50 bits per heavy atom. The van der Waals surface area contributed by atoms with Crippen molar-refractivity contribution in [2.45, 2.75) is 30.1 Å². The second-order valence-electron chi connectivity index (χ2n) is 4.58. The van der Waals surface area contributed by atoms with Gasteiger partial charge in [-0.3, -0.25) is 9.59 Å². The van der Waals surface area contributed by atoms with E-state index in [4.69, 9.17) is 21.1 Å². The number of hydrogen-bond acceptors (Lipinski definition) is 5. The molecule has 0 saturated carbocycles. The lowest BCUT2D eigenvalue weighted by molar-refractivity contribution is -0.154. The van der Waals surface area contributed by atoms with Gasteiger partial charge in [-0.2, -0.15) is 0 Å². The van der Waals surface area contributed by atoms with Crippen LogP contribution in [0.3, 0.4) is 0 Å². The number of ether oxygens (including phenoxy) is 2. The van der Waals surface area contributed by atoms with E-state index >= 15 is 0 Å². The van der Waals surface area contributed by atoms with Gasteiger partial charge in [-0.05, 0) is 38.1 Å². The molecule has 0 aliphatic carbocycles. The second-order valence-corrected chi connectivity index (χ2v) is 6.43. The molecule has 0 radical (unpaired) electrons. The molecule has 0 bridgehead atoms. The van der Waals surface area contributed by atoms with Crippen molar-refractivity contribution < 1.29 is 19.1 Å². The largest absolute Gasteiger partial charge is 0.452 e. The zero-order chi connectivity index (χ0) is 16.5. The summed E-state index contributed by atoms with van der Waals surface area (Å²) in [6, 6.07) is 7.18. The molecule has 0 aliphatic rings. The third-order valence-corrected chi connectivity index (χ3v) is 4.07. The summed E-state index contributed by atoms with van der Waals surface area (Å²) in [5.41, 5.74) is 0. The Kier molecular flexibility index (Phi) is 8.30. The first-order valence-electron chi connectivity index (χ1n) is 6.83. The lowest BCUT2D eigenvalue weighted by atomic mass is 10.3. The van der Waals surface area contributed by atoms with Crippen LogP contribution in [0.5, 0.6) is 0 Å². The summed E-state index contributed by atoms with van der Waals surface area (Å²) in [5, 5.41) is 2.84. The van der Waals surface area contributed by atoms with E-state index in [9.17, 15) is 9.59 Å². The number of rotatable bonds is 8. The average Bonchev–Trinajstić information content (AvgIpc) is 2.49. The molecule has 5 nitrogen and oxygen atoms in total. The van der Waals surface area contributed by atoms with Crippen molar-refractivity contribution in [1.82, 2.24) is 5.32 Å². The summed E-state index contributed by atoms with van der Waals surface area (Å²) in [5.74, 6) is -0.775. The Morgan fingerprint density at radius 1 is 1.27 bits per heavy atom. The monoisotopic (exact) mass is 345 g/mol. The number of amides is 1. The molecule has 0 fully saturated rings. The summed E-state index contributed by atoms with van der Waals surface area (Å²) >= 11 is 7.16. The van der Waals surface area contributed by atoms with Crippen molar-refractivity contribution in [2.24, 2.45) is 0 Å². The Bertz CT molecular complexity index is 495. The van der Waals surface area contributed by atoms with E-state index in [-0.39, 0.29) is 5.91 Å². The van der Waals surface area contributed by atoms with Crippen LogP contribution in [0, 0.1) is 0 Å². The maximum Gasteiger partial charge on any atom is 0.319 e. The lowest BCUT2D eigenvalue weighted by Crippen LogP contribution is -2.38. The number of halogens is 1. The molecule has 1 aromatic carbocycles. The zero-order valence-corrected chi connectivity index (χ0v) is 14.4. The van der Waals surface area contributed by atoms with Gasteiger partial charge in [0.15, 0.2) is 6.10 Å². The van der Waals surface area contributed by atoms with Gasteiger partial charge in [0, 0.05) is 23.6 Å². The number of carbonyl (C=O) groups excluding carboxylic acids is 2. The van der Waals surface area contributed by atoms with Gasteiger partial charge in [-0.25, -0.2) is 0 Å². The summed E-state index contributed by atoms with van der Waals surface area (Å²) in [6.45, 7) is 4.07. The highest BCUT2D eigenvalue weighted by molar-refractivity contribution is 8.00. The molecule has 7 heteroatoms. The maximum absolute atomic E-state index is 12.0. The summed E-state index contributed by atoms with van der Waals surface area (Å²) in [4.78, 5) is 24.6. The Morgan fingerprint density at radius 2 is 1.91 bits per heavy atom. The molecule has 0 aliphatic heterocycles. The first-order chi connectivity index (χ1) is 10.4. The molecule has 1 rings (SSSR count). The molecule has 0 saturated heterocycles. The van der Waals surface area contributed by atoms with Crippen LogP contribution < -0.4 is 5.32 Å². The average molecular weight is 346 g/mol. The van der Waals surface area contributed by atoms with Crippen LogP contribution >= 0.6 is 23.4 Å². The van der Waals surface area contributed by atoms with Crippen molar-refractivity contribution in [3.05, 3.63) is 29.3 Å². The van der Waals surface area contributed by atoms with Crippen LogP contribution in [0.4, 0.5) is 0 Å². The number of esters is 1. The second kappa shape index (κ2) is 9.71. The predicted octanol–water partition coefficient (Wildman–Crippen LogP) is 2.51. The molecule has 0 spiro atoms. The number of thioether (sulfide) groups is 1. The Labute approximate surface area is 139 Å². The zero-order valence-electron chi connectivity index (χ0n) is 12.8. The topological polar surface area (TPSA) is 64.6 Å². The smallest absolute Gasteiger partial charge is 0.319 e. The van der Waals surface area contributed by atoms with Crippen molar-refractivity contribution in [3.63, 3.8) is 0 Å². The number of methoxy groups -OCH3 is 1. The van der Waals surface area contributed by atoms with Gasteiger partial charge in [-0.1, -0.05) is 11.6 Å². The maximum atomic E-state index is 12.0. The molecule has 0 heterocycles. The van der Waals surface area contributed by atoms with E-state index in [0.29, 0.717) is 18.2 Å². The van der Waals surface area contributed by atoms with Crippen LogP contribution in [0.25, 0.3) is 0 Å². The van der Waals surface area contributed by atoms with E-state index in [2.05, 4.69) is 5.32 Å². The third kappa shape index (κ3) is 6.68. The predicted molar refractivity (Wildman–Crippen MR) is 87.2 cm³/mol. The molecule has 22 heavy (non-hydrogen) atoms. The summed E-state index contributed by atoms with van der Waals surface area (Å²) in [6.07, 6.45) is -0.836. The summed E-state index contributed by atoms with van der Waals surface area (Å²) < 4.78 is 9.99. The SMILES string of the molecule is COCCNC(=O)[C@@H](C)OC(=O)[C@H](C)Sc1ccc(Cl)cc1. The fourth-order valence-corrected chi connectivity index (χ4v) is 2.49. The van der Waals surface area contributed by atoms with Crippen LogP contribution in [-0.4, -0.2) is 43.5 Å². The molecular formula is C15H20ClNO4S. The standard InChI is InChI=1S/C15H20ClNO4S/c1-10(14(18)17-8-9-20-3)21-15(19)11(2)22-13-6-4-12(16)5-7-13/h4-7,10-11H,8-9H2,1-3H3,(H,17,18)/t10-,11+/m1/s1. The van der Waals surface area contributed by atoms with Gasteiger partial charge in [0.05, 0.1) is 6.61 Å². The minimum Gasteiger partial charge on any atom is -0.452 e. The van der Waals surface area contributed by atoms with Crippen LogP contribution in [0.1, 0.15) is 13.8 Å². The highest BCUT2D eigenvalue weighted by Crippen LogP contribution is 2.25. The van der Waals surface area contributed by atoms with Gasteiger partial charge in [0.25, 0.3) is 5.91 Å². The Hall–Kier alpha value is -1.24. The molecule has 122 valence electrons. The van der Waals surface area contributed by atoms with E-state index in [1.165, 1.54) is 11.8 Å². The van der Waals surface area contributed by atoms with Crippen LogP contribution in [0.2, 0.25) is 5.02 Å². The molecule has 1 amide bonds. The van der Waals surface area contributed by atoms with Crippen LogP contribution in [-0.2, 0) is 19.1 Å². The highest BCUT2D eigenvalue weighted by Gasteiger charge is 2.22. The molecule has 1 N–H and O–H groups in total. The van der Waals surface area contributed by atoms with Crippen molar-refractivity contribution in [3.8, 4) is 0 Å². The fourth-order valence-electron chi connectivity index (χ4n) is 1.51. The van der Waals surface area contributed by atoms with E-state index < -0.39 is 17.3 Å². The molecule has 0 unspecified atom stereocenters. The fraction of sp³-hybridized carbons (Fsp3) is 0.467. The first kappa shape index (κ1) is 18.8. The number of hydrogen-bond donors (Lipinski definition) is 1. The van der Waals surface area contributed by atoms with Gasteiger partial charge in [0.1, 0.15) is 5.25 Å². The molecule has 1 aromatic rings. The molecule has 0 aromatic heterocycles. The molecule has 2 atom stereocenters. The lowest BCUT2D eigenvalue weighted by Gasteiger charge is -2.16. The highest BCUT2D eigenvalue weighted by atomic mass is 35.5.